The molecule has 0 saturated carbocycles. The molecule has 9 heteroatoms. The van der Waals surface area contributed by atoms with Gasteiger partial charge in [-0.3, -0.25) is 0 Å². The molecule has 0 N–H and O–H groups in total. The van der Waals surface area contributed by atoms with Crippen molar-refractivity contribution in [2.45, 2.75) is 13.0 Å². The van der Waals surface area contributed by atoms with Crippen molar-refractivity contribution in [2.24, 2.45) is 0 Å². The lowest BCUT2D eigenvalue weighted by molar-refractivity contribution is 0.418. The molecule has 4 heterocycles. The molecule has 1 unspecified atom stereocenters. The zero-order valence-corrected chi connectivity index (χ0v) is 16.4. The van der Waals surface area contributed by atoms with E-state index >= 15 is 0 Å². The van der Waals surface area contributed by atoms with E-state index < -0.39 is 0 Å². The molecule has 0 radical (unpaired) electrons. The fourth-order valence-corrected chi connectivity index (χ4v) is 4.18. The van der Waals surface area contributed by atoms with Gasteiger partial charge in [0.15, 0.2) is 11.5 Å². The van der Waals surface area contributed by atoms with E-state index in [1.807, 2.05) is 28.9 Å². The highest BCUT2D eigenvalue weighted by Crippen LogP contribution is 2.35. The summed E-state index contributed by atoms with van der Waals surface area (Å²) in [5.74, 6) is 0.192. The van der Waals surface area contributed by atoms with E-state index in [2.05, 4.69) is 40.8 Å². The van der Waals surface area contributed by atoms with Crippen molar-refractivity contribution in [2.75, 3.05) is 24.5 Å². The van der Waals surface area contributed by atoms with Crippen LogP contribution in [-0.4, -0.2) is 41.5 Å². The van der Waals surface area contributed by atoms with Gasteiger partial charge in [-0.05, 0) is 6.92 Å². The molecule has 0 aromatic carbocycles. The molecule has 23 heavy (non-hydrogen) atoms. The number of aryl methyl sites for hydroxylation is 1. The third kappa shape index (κ3) is 2.38. The van der Waals surface area contributed by atoms with Crippen molar-refractivity contribution in [3.05, 3.63) is 33.6 Å². The van der Waals surface area contributed by atoms with Crippen LogP contribution < -0.4 is 10.6 Å². The van der Waals surface area contributed by atoms with Crippen LogP contribution in [0, 0.1) is 12.7 Å². The summed E-state index contributed by atoms with van der Waals surface area (Å²) in [6.45, 7) is 4.01. The summed E-state index contributed by atoms with van der Waals surface area (Å²) in [5, 5.41) is 0.614. The van der Waals surface area contributed by atoms with Crippen molar-refractivity contribution < 1.29 is 4.39 Å². The number of hydrogen-bond donors (Lipinski definition) is 0. The second kappa shape index (κ2) is 5.62. The molecule has 0 amide bonds. The fourth-order valence-electron chi connectivity index (χ4n) is 3.11. The van der Waals surface area contributed by atoms with Crippen LogP contribution in [0.15, 0.2) is 10.9 Å². The SMILES string of the molecule is Cc1nc2c3c(nc(=O)n2I)N2CCN(I)CC2C=Cc3c1F. The first-order chi connectivity index (χ1) is 11.0. The number of nitrogens with zero attached hydrogens (tertiary/aromatic N) is 5. The standard InChI is InChI=1S/C14H12FI2N5O/c1-7-11(15)9-3-2-8-6-20(16)4-5-21(8)12-10(9)13(18-7)22(17)14(23)19-12/h2-3,8H,4-6H2,1H3. The molecule has 1 atom stereocenters. The second-order valence-electron chi connectivity index (χ2n) is 5.61. The summed E-state index contributed by atoms with van der Waals surface area (Å²) in [7, 11) is 0. The largest absolute Gasteiger partial charge is 0.360 e. The predicted octanol–water partition coefficient (Wildman–Crippen LogP) is 2.30. The van der Waals surface area contributed by atoms with Crippen molar-refractivity contribution in [1.29, 1.82) is 0 Å². The zero-order valence-electron chi connectivity index (χ0n) is 12.1. The Balaban J connectivity index is 2.11. The minimum Gasteiger partial charge on any atom is -0.347 e. The van der Waals surface area contributed by atoms with E-state index in [9.17, 15) is 9.18 Å². The second-order valence-corrected chi connectivity index (χ2v) is 7.94. The van der Waals surface area contributed by atoms with Gasteiger partial charge in [-0.1, -0.05) is 12.2 Å². The van der Waals surface area contributed by atoms with E-state index in [4.69, 9.17) is 0 Å². The monoisotopic (exact) mass is 539 g/mol. The topological polar surface area (TPSA) is 54.3 Å². The molecule has 1 fully saturated rings. The first-order valence-corrected chi connectivity index (χ1v) is 9.05. The summed E-state index contributed by atoms with van der Waals surface area (Å²) in [5.41, 5.74) is 0.844. The quantitative estimate of drug-likeness (QED) is 0.381. The van der Waals surface area contributed by atoms with Crippen molar-refractivity contribution >= 4 is 68.7 Å². The van der Waals surface area contributed by atoms with E-state index in [1.165, 1.54) is 2.78 Å². The van der Waals surface area contributed by atoms with Crippen LogP contribution >= 0.6 is 45.7 Å². The van der Waals surface area contributed by atoms with Gasteiger partial charge < -0.3 is 4.90 Å². The van der Waals surface area contributed by atoms with Crippen LogP contribution in [0.4, 0.5) is 10.2 Å². The Morgan fingerprint density at radius 1 is 1.30 bits per heavy atom. The van der Waals surface area contributed by atoms with Crippen LogP contribution in [0.25, 0.3) is 17.1 Å². The van der Waals surface area contributed by atoms with Gasteiger partial charge >= 0.3 is 5.69 Å². The summed E-state index contributed by atoms with van der Waals surface area (Å²) in [6.07, 6.45) is 3.80. The maximum Gasteiger partial charge on any atom is 0.360 e. The van der Waals surface area contributed by atoms with Gasteiger partial charge in [-0.2, -0.15) is 4.98 Å². The van der Waals surface area contributed by atoms with Crippen molar-refractivity contribution in [1.82, 2.24) is 15.9 Å². The molecule has 2 aromatic heterocycles. The lowest BCUT2D eigenvalue weighted by Crippen LogP contribution is -2.49. The molecule has 6 nitrogen and oxygen atoms in total. The lowest BCUT2D eigenvalue weighted by atomic mass is 10.1. The Kier molecular flexibility index (Phi) is 3.83. The third-order valence-electron chi connectivity index (χ3n) is 4.23. The zero-order chi connectivity index (χ0) is 16.3. The van der Waals surface area contributed by atoms with Crippen molar-refractivity contribution in [3.63, 3.8) is 0 Å². The molecular formula is C14H12FI2N5O. The molecule has 1 saturated heterocycles. The maximum atomic E-state index is 14.7. The van der Waals surface area contributed by atoms with Crippen molar-refractivity contribution in [3.8, 4) is 0 Å². The predicted molar refractivity (Wildman–Crippen MR) is 104 cm³/mol. The Bertz CT molecular complexity index is 912. The number of halogens is 3. The minimum absolute atomic E-state index is 0.0629. The fraction of sp³-hybridized carbons (Fsp3) is 0.357. The van der Waals surface area contributed by atoms with Gasteiger partial charge in [0.25, 0.3) is 0 Å². The van der Waals surface area contributed by atoms with E-state index in [-0.39, 0.29) is 23.2 Å². The minimum atomic E-state index is -0.380. The van der Waals surface area contributed by atoms with E-state index in [1.54, 1.807) is 13.0 Å². The molecule has 0 aliphatic carbocycles. The van der Waals surface area contributed by atoms with Gasteiger partial charge in [-0.15, -0.1) is 0 Å². The van der Waals surface area contributed by atoms with Crippen LogP contribution in [0.3, 0.4) is 0 Å². The molecule has 4 rings (SSSR count). The van der Waals surface area contributed by atoms with Crippen LogP contribution in [-0.2, 0) is 0 Å². The Labute approximate surface area is 159 Å². The van der Waals surface area contributed by atoms with Crippen LogP contribution in [0.5, 0.6) is 0 Å². The maximum absolute atomic E-state index is 14.7. The number of rotatable bonds is 0. The number of anilines is 1. The molecule has 0 bridgehead atoms. The van der Waals surface area contributed by atoms with Crippen LogP contribution in [0.2, 0.25) is 0 Å². The molecule has 2 aliphatic rings. The smallest absolute Gasteiger partial charge is 0.347 e. The highest BCUT2D eigenvalue weighted by Gasteiger charge is 2.31. The summed E-state index contributed by atoms with van der Waals surface area (Å²) in [4.78, 5) is 22.9. The number of aromatic nitrogens is 3. The summed E-state index contributed by atoms with van der Waals surface area (Å²) in [6, 6.07) is 0.0629. The highest BCUT2D eigenvalue weighted by molar-refractivity contribution is 14.1. The first kappa shape index (κ1) is 15.7. The Morgan fingerprint density at radius 2 is 2.09 bits per heavy atom. The molecular weight excluding hydrogens is 527 g/mol. The normalized spacial score (nSPS) is 20.7. The molecule has 2 aliphatic heterocycles. The lowest BCUT2D eigenvalue weighted by Gasteiger charge is -2.38. The first-order valence-electron chi connectivity index (χ1n) is 7.12. The van der Waals surface area contributed by atoms with Gasteiger partial charge in [0.05, 0.1) is 40.0 Å². The van der Waals surface area contributed by atoms with E-state index in [0.717, 1.165) is 19.6 Å². The number of piperazine rings is 1. The summed E-state index contributed by atoms with van der Waals surface area (Å²) < 4.78 is 18.2. The highest BCUT2D eigenvalue weighted by atomic mass is 127. The molecule has 0 spiro atoms. The van der Waals surface area contributed by atoms with Gasteiger partial charge in [0.2, 0.25) is 0 Å². The Hall–Kier alpha value is -0.820. The summed E-state index contributed by atoms with van der Waals surface area (Å²) >= 11 is 4.16. The molecule has 120 valence electrons. The number of pyridine rings is 1. The molecule has 2 aromatic rings. The van der Waals surface area contributed by atoms with E-state index in [0.29, 0.717) is 22.4 Å². The number of fused-ring (bicyclic) bond motifs is 2. The average molecular weight is 539 g/mol. The van der Waals surface area contributed by atoms with Gasteiger partial charge in [0.1, 0.15) is 5.82 Å². The number of hydrogen-bond acceptors (Lipinski definition) is 5. The van der Waals surface area contributed by atoms with Gasteiger partial charge in [-0.25, -0.2) is 20.1 Å². The Morgan fingerprint density at radius 3 is 2.87 bits per heavy atom. The average Bonchev–Trinajstić information content (AvgIpc) is 2.67. The third-order valence-corrected chi connectivity index (χ3v) is 5.97. The van der Waals surface area contributed by atoms with Crippen LogP contribution in [0.1, 0.15) is 11.3 Å². The van der Waals surface area contributed by atoms with Gasteiger partial charge in [0, 0.05) is 48.1 Å².